The second-order valence-corrected chi connectivity index (χ2v) is 8.61. The summed E-state index contributed by atoms with van der Waals surface area (Å²) in [5, 5.41) is 18.7. The third-order valence-electron chi connectivity index (χ3n) is 4.68. The number of aromatic nitrogens is 4. The highest BCUT2D eigenvalue weighted by Crippen LogP contribution is 2.31. The number of anilines is 2. The van der Waals surface area contributed by atoms with E-state index < -0.39 is 9.84 Å². The summed E-state index contributed by atoms with van der Waals surface area (Å²) in [5.74, 6) is 1.75. The lowest BCUT2D eigenvalue weighted by atomic mass is 10.1. The van der Waals surface area contributed by atoms with Crippen LogP contribution in [0.4, 0.5) is 11.6 Å². The number of nitrogens with one attached hydrogen (secondary N) is 3. The Morgan fingerprint density at radius 3 is 2.74 bits per heavy atom. The van der Waals surface area contributed by atoms with Crippen molar-refractivity contribution in [2.24, 2.45) is 0 Å². The second-order valence-electron chi connectivity index (χ2n) is 6.30. The highest BCUT2D eigenvalue weighted by atomic mass is 32.2. The quantitative estimate of drug-likeness (QED) is 0.577. The normalized spacial score (nSPS) is 16.4. The summed E-state index contributed by atoms with van der Waals surface area (Å²) in [7, 11) is -1.27. The van der Waals surface area contributed by atoms with Crippen molar-refractivity contribution in [3.63, 3.8) is 0 Å². The van der Waals surface area contributed by atoms with E-state index in [4.69, 9.17) is 10.4 Å². The molecule has 3 heterocycles. The molecule has 9 nitrogen and oxygen atoms in total. The lowest BCUT2D eigenvalue weighted by Crippen LogP contribution is -2.41. The molecule has 0 saturated carbocycles. The molecule has 3 aromatic rings. The minimum atomic E-state index is -3.01. The predicted octanol–water partition coefficient (Wildman–Crippen LogP) is 1.29. The molecule has 3 N–H and O–H groups in total. The Kier molecular flexibility index (Phi) is 4.27. The van der Waals surface area contributed by atoms with Gasteiger partial charge in [0.05, 0.1) is 28.8 Å². The minimum absolute atomic E-state index is 0.0793. The van der Waals surface area contributed by atoms with Crippen LogP contribution in [0.2, 0.25) is 0 Å². The summed E-state index contributed by atoms with van der Waals surface area (Å²) < 4.78 is 23.6. The van der Waals surface area contributed by atoms with Crippen LogP contribution in [0.5, 0.6) is 0 Å². The SMILES string of the molecule is CNc1nc(-c2cccc3[nH]ncc23)nc(N2CCS(=O)(=O)CC2)c1C=N. The van der Waals surface area contributed by atoms with Crippen molar-refractivity contribution in [3.05, 3.63) is 30.0 Å². The summed E-state index contributed by atoms with van der Waals surface area (Å²) in [5.41, 5.74) is 2.24. The van der Waals surface area contributed by atoms with Gasteiger partial charge in [-0.05, 0) is 6.07 Å². The average Bonchev–Trinajstić information content (AvgIpc) is 3.15. The molecule has 0 bridgehead atoms. The van der Waals surface area contributed by atoms with E-state index in [0.717, 1.165) is 16.5 Å². The average molecular weight is 385 g/mol. The molecular formula is C17H19N7O2S. The molecule has 0 unspecified atom stereocenters. The maximum Gasteiger partial charge on any atom is 0.164 e. The van der Waals surface area contributed by atoms with Gasteiger partial charge in [0.15, 0.2) is 15.7 Å². The summed E-state index contributed by atoms with van der Waals surface area (Å²) in [6, 6.07) is 5.74. The molecule has 1 fully saturated rings. The number of hydrogen-bond donors (Lipinski definition) is 3. The first kappa shape index (κ1) is 17.4. The van der Waals surface area contributed by atoms with Gasteiger partial charge in [-0.15, -0.1) is 0 Å². The highest BCUT2D eigenvalue weighted by molar-refractivity contribution is 7.91. The third kappa shape index (κ3) is 3.12. The Balaban J connectivity index is 1.87. The molecule has 4 rings (SSSR count). The number of rotatable bonds is 4. The van der Waals surface area contributed by atoms with Crippen LogP contribution in [0.1, 0.15) is 5.56 Å². The first-order valence-corrected chi connectivity index (χ1v) is 10.3. The largest absolute Gasteiger partial charge is 0.372 e. The van der Waals surface area contributed by atoms with Crippen LogP contribution < -0.4 is 10.2 Å². The first-order chi connectivity index (χ1) is 13.0. The van der Waals surface area contributed by atoms with Crippen LogP contribution >= 0.6 is 0 Å². The number of aromatic amines is 1. The molecule has 0 aliphatic carbocycles. The molecule has 2 aromatic heterocycles. The lowest BCUT2D eigenvalue weighted by molar-refractivity contribution is 0.586. The maximum absolute atomic E-state index is 11.8. The van der Waals surface area contributed by atoms with Gasteiger partial charge in [0.2, 0.25) is 0 Å². The smallest absolute Gasteiger partial charge is 0.164 e. The van der Waals surface area contributed by atoms with Gasteiger partial charge in [0.25, 0.3) is 0 Å². The Labute approximate surface area is 156 Å². The van der Waals surface area contributed by atoms with Crippen molar-refractivity contribution in [1.29, 1.82) is 5.41 Å². The van der Waals surface area contributed by atoms with Gasteiger partial charge in [0, 0.05) is 37.3 Å². The van der Waals surface area contributed by atoms with Crippen molar-refractivity contribution >= 4 is 38.6 Å². The Morgan fingerprint density at radius 2 is 2.04 bits per heavy atom. The van der Waals surface area contributed by atoms with Crippen molar-refractivity contribution in [3.8, 4) is 11.4 Å². The zero-order valence-electron chi connectivity index (χ0n) is 14.7. The minimum Gasteiger partial charge on any atom is -0.372 e. The summed E-state index contributed by atoms with van der Waals surface area (Å²) in [6.07, 6.45) is 2.93. The first-order valence-electron chi connectivity index (χ1n) is 8.50. The van der Waals surface area contributed by atoms with E-state index in [2.05, 4.69) is 20.5 Å². The molecule has 140 valence electrons. The summed E-state index contributed by atoms with van der Waals surface area (Å²) >= 11 is 0. The lowest BCUT2D eigenvalue weighted by Gasteiger charge is -2.29. The zero-order valence-corrected chi connectivity index (χ0v) is 15.5. The summed E-state index contributed by atoms with van der Waals surface area (Å²) in [4.78, 5) is 11.2. The molecule has 0 spiro atoms. The van der Waals surface area contributed by atoms with E-state index >= 15 is 0 Å². The van der Waals surface area contributed by atoms with Gasteiger partial charge in [-0.1, -0.05) is 12.1 Å². The standard InChI is InChI=1S/C17H19N7O2S/c1-19-15-12(9-18)17(24-5-7-27(25,26)8-6-24)22-16(21-15)11-3-2-4-14-13(11)10-20-23-14/h2-4,9-10,18H,5-8H2,1H3,(H,20,23)(H,19,21,22). The fraction of sp³-hybridized carbons (Fsp3) is 0.294. The van der Waals surface area contributed by atoms with Gasteiger partial charge in [-0.3, -0.25) is 5.10 Å². The van der Waals surface area contributed by atoms with Crippen LogP contribution in [0.25, 0.3) is 22.3 Å². The Hall–Kier alpha value is -3.01. The summed E-state index contributed by atoms with van der Waals surface area (Å²) in [6.45, 7) is 0.692. The molecule has 0 atom stereocenters. The molecule has 1 aromatic carbocycles. The van der Waals surface area contributed by atoms with E-state index in [9.17, 15) is 8.42 Å². The van der Waals surface area contributed by atoms with Crippen LogP contribution in [-0.4, -0.2) is 66.4 Å². The van der Waals surface area contributed by atoms with Crippen molar-refractivity contribution in [2.75, 3.05) is 41.9 Å². The second kappa shape index (κ2) is 6.62. The van der Waals surface area contributed by atoms with Gasteiger partial charge >= 0.3 is 0 Å². The highest BCUT2D eigenvalue weighted by Gasteiger charge is 2.26. The number of H-pyrrole nitrogens is 1. The Morgan fingerprint density at radius 1 is 1.26 bits per heavy atom. The number of nitrogens with zero attached hydrogens (tertiary/aromatic N) is 4. The van der Waals surface area contributed by atoms with E-state index in [0.29, 0.717) is 36.1 Å². The van der Waals surface area contributed by atoms with Gasteiger partial charge in [0.1, 0.15) is 11.6 Å². The predicted molar refractivity (Wildman–Crippen MR) is 105 cm³/mol. The van der Waals surface area contributed by atoms with Crippen molar-refractivity contribution in [1.82, 2.24) is 20.2 Å². The Bertz CT molecular complexity index is 1110. The van der Waals surface area contributed by atoms with Crippen molar-refractivity contribution < 1.29 is 8.42 Å². The van der Waals surface area contributed by atoms with Crippen LogP contribution in [0.3, 0.4) is 0 Å². The molecular weight excluding hydrogens is 366 g/mol. The number of sulfone groups is 1. The van der Waals surface area contributed by atoms with Crippen LogP contribution in [-0.2, 0) is 9.84 Å². The maximum atomic E-state index is 11.8. The number of hydrogen-bond acceptors (Lipinski definition) is 8. The molecule has 10 heteroatoms. The van der Waals surface area contributed by atoms with Crippen molar-refractivity contribution in [2.45, 2.75) is 0 Å². The zero-order chi connectivity index (χ0) is 19.0. The van der Waals surface area contributed by atoms with Gasteiger partial charge in [-0.25, -0.2) is 18.4 Å². The van der Waals surface area contributed by atoms with E-state index in [1.165, 1.54) is 6.21 Å². The fourth-order valence-electron chi connectivity index (χ4n) is 3.23. The fourth-order valence-corrected chi connectivity index (χ4v) is 4.43. The molecule has 1 saturated heterocycles. The van der Waals surface area contributed by atoms with Crippen LogP contribution in [0, 0.1) is 5.41 Å². The van der Waals surface area contributed by atoms with Crippen LogP contribution in [0.15, 0.2) is 24.4 Å². The van der Waals surface area contributed by atoms with E-state index in [1.807, 2.05) is 23.1 Å². The molecule has 0 radical (unpaired) electrons. The number of fused-ring (bicyclic) bond motifs is 1. The molecule has 1 aliphatic heterocycles. The third-order valence-corrected chi connectivity index (χ3v) is 6.29. The number of benzene rings is 1. The van der Waals surface area contributed by atoms with Gasteiger partial charge in [-0.2, -0.15) is 5.10 Å². The molecule has 0 amide bonds. The van der Waals surface area contributed by atoms with E-state index in [1.54, 1.807) is 13.2 Å². The molecule has 1 aliphatic rings. The molecule has 27 heavy (non-hydrogen) atoms. The van der Waals surface area contributed by atoms with Gasteiger partial charge < -0.3 is 15.6 Å². The monoisotopic (exact) mass is 385 g/mol. The van der Waals surface area contributed by atoms with E-state index in [-0.39, 0.29) is 11.5 Å². The topological polar surface area (TPSA) is 128 Å².